The summed E-state index contributed by atoms with van der Waals surface area (Å²) in [6.45, 7) is 2.00. The molecule has 11 heteroatoms. The maximum atomic E-state index is 12.4. The van der Waals surface area contributed by atoms with Crippen LogP contribution in [-0.2, 0) is 32.7 Å². The molecule has 0 bridgehead atoms. The largest absolute Gasteiger partial charge is 0.472 e. The van der Waals surface area contributed by atoms with Crippen molar-refractivity contribution in [1.82, 2.24) is 0 Å². The highest BCUT2D eigenvalue weighted by molar-refractivity contribution is 7.47. The fourth-order valence-electron chi connectivity index (χ4n) is 3.47. The van der Waals surface area contributed by atoms with Gasteiger partial charge in [0.15, 0.2) is 6.10 Å². The van der Waals surface area contributed by atoms with E-state index in [9.17, 15) is 24.2 Å². The molecule has 238 valence electrons. The standard InChI is InChI=1S/C30H53O10P/c1-3-5-7-8-9-10-11-12-13-14-15-16-17-18-20-22-30(34)40-28(25-37-29(33)21-19-6-4-2)26-39-41(35,36)38-24-27(32)23-31/h5,7,9-10,12-13,27-28,31-32H,3-4,6,8,11,14-26H2,1-2H3,(H,35,36)/b7-5-,10-9-,13-12-. The zero-order valence-corrected chi connectivity index (χ0v) is 25.9. The van der Waals surface area contributed by atoms with Gasteiger partial charge in [-0.15, -0.1) is 0 Å². The second-order valence-electron chi connectivity index (χ2n) is 9.75. The highest BCUT2D eigenvalue weighted by Crippen LogP contribution is 2.43. The lowest BCUT2D eigenvalue weighted by atomic mass is 10.1. The molecule has 0 saturated carbocycles. The summed E-state index contributed by atoms with van der Waals surface area (Å²) < 4.78 is 32.0. The van der Waals surface area contributed by atoms with Gasteiger partial charge in [-0.1, -0.05) is 82.4 Å². The van der Waals surface area contributed by atoms with Gasteiger partial charge in [0, 0.05) is 12.8 Å². The Morgan fingerprint density at radius 1 is 0.756 bits per heavy atom. The van der Waals surface area contributed by atoms with Crippen LogP contribution >= 0.6 is 7.82 Å². The van der Waals surface area contributed by atoms with Crippen LogP contribution in [0.25, 0.3) is 0 Å². The fraction of sp³-hybridized carbons (Fsp3) is 0.733. The van der Waals surface area contributed by atoms with E-state index in [-0.39, 0.29) is 19.4 Å². The van der Waals surface area contributed by atoms with Crippen LogP contribution < -0.4 is 0 Å². The van der Waals surface area contributed by atoms with Crippen LogP contribution in [-0.4, -0.2) is 65.7 Å². The third-order valence-corrected chi connectivity index (χ3v) is 6.76. The monoisotopic (exact) mass is 604 g/mol. The quantitative estimate of drug-likeness (QED) is 0.0435. The van der Waals surface area contributed by atoms with Gasteiger partial charge in [-0.2, -0.15) is 0 Å². The molecule has 0 aromatic rings. The molecule has 0 aromatic carbocycles. The number of hydrogen-bond acceptors (Lipinski definition) is 9. The molecule has 3 unspecified atom stereocenters. The summed E-state index contributed by atoms with van der Waals surface area (Å²) in [5.41, 5.74) is 0. The third-order valence-electron chi connectivity index (χ3n) is 5.81. The van der Waals surface area contributed by atoms with Crippen LogP contribution in [0.4, 0.5) is 0 Å². The molecule has 3 N–H and O–H groups in total. The summed E-state index contributed by atoms with van der Waals surface area (Å²) in [6, 6.07) is 0. The second kappa shape index (κ2) is 27.0. The molecule has 0 aliphatic heterocycles. The first-order valence-electron chi connectivity index (χ1n) is 14.9. The Hall–Kier alpha value is -1.81. The van der Waals surface area contributed by atoms with Gasteiger partial charge in [0.2, 0.25) is 0 Å². The van der Waals surface area contributed by atoms with E-state index in [4.69, 9.17) is 19.1 Å². The van der Waals surface area contributed by atoms with Crippen LogP contribution in [0.3, 0.4) is 0 Å². The van der Waals surface area contributed by atoms with E-state index < -0.39 is 51.8 Å². The molecule has 3 atom stereocenters. The van der Waals surface area contributed by atoms with E-state index in [0.717, 1.165) is 64.2 Å². The summed E-state index contributed by atoms with van der Waals surface area (Å²) in [4.78, 5) is 34.1. The van der Waals surface area contributed by atoms with Crippen molar-refractivity contribution in [3.8, 4) is 0 Å². The van der Waals surface area contributed by atoms with Gasteiger partial charge in [-0.05, 0) is 44.9 Å². The number of phosphoric ester groups is 1. The summed E-state index contributed by atoms with van der Waals surface area (Å²) in [5, 5.41) is 18.1. The average molecular weight is 605 g/mol. The molecule has 0 radical (unpaired) electrons. The van der Waals surface area contributed by atoms with Crippen molar-refractivity contribution in [3.63, 3.8) is 0 Å². The first kappa shape index (κ1) is 39.2. The van der Waals surface area contributed by atoms with Gasteiger partial charge in [-0.3, -0.25) is 18.6 Å². The molecule has 0 heterocycles. The first-order valence-corrected chi connectivity index (χ1v) is 16.4. The molecule has 0 aromatic heterocycles. The molecular weight excluding hydrogens is 551 g/mol. The molecule has 0 fully saturated rings. The predicted octanol–water partition coefficient (Wildman–Crippen LogP) is 6.10. The van der Waals surface area contributed by atoms with Crippen LogP contribution in [0, 0.1) is 0 Å². The number of ether oxygens (including phenoxy) is 2. The molecule has 0 aliphatic carbocycles. The Kier molecular flexibility index (Phi) is 25.9. The first-order chi connectivity index (χ1) is 19.7. The van der Waals surface area contributed by atoms with E-state index in [1.54, 1.807) is 0 Å². The van der Waals surface area contributed by atoms with Crippen molar-refractivity contribution in [2.75, 3.05) is 26.4 Å². The van der Waals surface area contributed by atoms with Crippen molar-refractivity contribution in [1.29, 1.82) is 0 Å². The number of aliphatic hydroxyl groups is 2. The number of unbranched alkanes of at least 4 members (excludes halogenated alkanes) is 7. The smallest absolute Gasteiger partial charge is 0.462 e. The van der Waals surface area contributed by atoms with Gasteiger partial charge < -0.3 is 24.6 Å². The highest BCUT2D eigenvalue weighted by Gasteiger charge is 2.27. The van der Waals surface area contributed by atoms with Crippen LogP contribution in [0.15, 0.2) is 36.5 Å². The lowest BCUT2D eigenvalue weighted by Crippen LogP contribution is -2.29. The zero-order chi connectivity index (χ0) is 30.6. The maximum absolute atomic E-state index is 12.4. The van der Waals surface area contributed by atoms with Crippen molar-refractivity contribution < 1.29 is 47.8 Å². The number of aliphatic hydroxyl groups excluding tert-OH is 2. The van der Waals surface area contributed by atoms with Gasteiger partial charge in [0.1, 0.15) is 12.7 Å². The number of carbonyl (C=O) groups is 2. The lowest BCUT2D eigenvalue weighted by Gasteiger charge is -2.20. The van der Waals surface area contributed by atoms with Gasteiger partial charge in [-0.25, -0.2) is 4.57 Å². The Bertz CT molecular complexity index is 796. The molecule has 0 amide bonds. The summed E-state index contributed by atoms with van der Waals surface area (Å²) in [6.07, 6.45) is 22.2. The summed E-state index contributed by atoms with van der Waals surface area (Å²) in [7, 11) is -4.59. The van der Waals surface area contributed by atoms with E-state index in [2.05, 4.69) is 47.9 Å². The fourth-order valence-corrected chi connectivity index (χ4v) is 4.26. The Morgan fingerprint density at radius 3 is 2.02 bits per heavy atom. The highest BCUT2D eigenvalue weighted by atomic mass is 31.2. The van der Waals surface area contributed by atoms with Gasteiger partial charge >= 0.3 is 19.8 Å². The minimum absolute atomic E-state index is 0.163. The number of allylic oxidation sites excluding steroid dienone is 6. The second-order valence-corrected chi connectivity index (χ2v) is 11.2. The molecular formula is C30H53O10P. The van der Waals surface area contributed by atoms with Crippen LogP contribution in [0.2, 0.25) is 0 Å². The summed E-state index contributed by atoms with van der Waals surface area (Å²) >= 11 is 0. The molecule has 41 heavy (non-hydrogen) atoms. The summed E-state index contributed by atoms with van der Waals surface area (Å²) in [5.74, 6) is -0.980. The van der Waals surface area contributed by atoms with E-state index in [1.165, 1.54) is 0 Å². The zero-order valence-electron chi connectivity index (χ0n) is 25.0. The number of carbonyl (C=O) groups excluding carboxylic acids is 2. The van der Waals surface area contributed by atoms with Crippen molar-refractivity contribution in [2.45, 2.75) is 116 Å². The topological polar surface area (TPSA) is 149 Å². The minimum Gasteiger partial charge on any atom is -0.462 e. The Morgan fingerprint density at radius 2 is 1.34 bits per heavy atom. The normalized spacial score (nSPS) is 15.0. The number of hydrogen-bond donors (Lipinski definition) is 3. The molecule has 0 aliphatic rings. The third kappa shape index (κ3) is 26.8. The number of esters is 2. The molecule has 0 spiro atoms. The van der Waals surface area contributed by atoms with Crippen LogP contribution in [0.1, 0.15) is 104 Å². The van der Waals surface area contributed by atoms with Crippen molar-refractivity contribution in [3.05, 3.63) is 36.5 Å². The minimum atomic E-state index is -4.59. The van der Waals surface area contributed by atoms with Gasteiger partial charge in [0.25, 0.3) is 0 Å². The molecule has 0 rings (SSSR count). The van der Waals surface area contributed by atoms with E-state index in [1.807, 2.05) is 6.92 Å². The van der Waals surface area contributed by atoms with E-state index in [0.29, 0.717) is 12.8 Å². The van der Waals surface area contributed by atoms with E-state index >= 15 is 0 Å². The number of rotatable bonds is 27. The van der Waals surface area contributed by atoms with Gasteiger partial charge in [0.05, 0.1) is 19.8 Å². The Labute approximate surface area is 246 Å². The molecule has 0 saturated heterocycles. The lowest BCUT2D eigenvalue weighted by molar-refractivity contribution is -0.161. The van der Waals surface area contributed by atoms with Crippen molar-refractivity contribution >= 4 is 19.8 Å². The van der Waals surface area contributed by atoms with Crippen molar-refractivity contribution in [2.24, 2.45) is 0 Å². The molecule has 10 nitrogen and oxygen atoms in total. The average Bonchev–Trinajstić information content (AvgIpc) is 2.95. The number of phosphoric acid groups is 1. The SMILES string of the molecule is CC/C=C\C/C=C\C/C=C\CCCCCCCC(=O)OC(COC(=O)CCCCC)COP(=O)(O)OCC(O)CO. The Balaban J connectivity index is 4.35. The van der Waals surface area contributed by atoms with Crippen LogP contribution in [0.5, 0.6) is 0 Å². The maximum Gasteiger partial charge on any atom is 0.472 e. The predicted molar refractivity (Wildman–Crippen MR) is 159 cm³/mol.